The van der Waals surface area contributed by atoms with Gasteiger partial charge in [0.25, 0.3) is 11.5 Å². The monoisotopic (exact) mass is 333 g/mol. The van der Waals surface area contributed by atoms with Crippen molar-refractivity contribution in [3.63, 3.8) is 0 Å². The lowest BCUT2D eigenvalue weighted by Gasteiger charge is -2.35. The quantitative estimate of drug-likeness (QED) is 0.867. The van der Waals surface area contributed by atoms with Crippen molar-refractivity contribution in [1.29, 1.82) is 0 Å². The van der Waals surface area contributed by atoms with Crippen molar-refractivity contribution < 1.29 is 4.79 Å². The maximum atomic E-state index is 13.0. The molecule has 2 aromatic rings. The molecule has 0 spiro atoms. The molecule has 124 valence electrons. The Hall–Kier alpha value is -1.69. The Morgan fingerprint density at radius 1 is 1.39 bits per heavy atom. The molecule has 0 N–H and O–H groups in total. The molecule has 0 radical (unpaired) electrons. The topological polar surface area (TPSA) is 55.2 Å². The number of thiophene rings is 1. The Balaban J connectivity index is 2.06. The van der Waals surface area contributed by atoms with E-state index in [2.05, 4.69) is 11.9 Å². The first kappa shape index (κ1) is 16.2. The number of piperidine rings is 1. The van der Waals surface area contributed by atoms with Crippen molar-refractivity contribution in [2.24, 2.45) is 0 Å². The van der Waals surface area contributed by atoms with Crippen molar-refractivity contribution in [3.05, 3.63) is 27.1 Å². The fourth-order valence-electron chi connectivity index (χ4n) is 3.41. The average Bonchev–Trinajstić information content (AvgIpc) is 2.92. The molecule has 0 aromatic carbocycles. The van der Waals surface area contributed by atoms with Gasteiger partial charge in [-0.3, -0.25) is 14.2 Å². The standard InChI is InChI=1S/C17H23N3O2S/c1-4-12-8-6-7-9-20(12)17(22)14-11(3)13-15(23-14)18-10-19(5-2)16(13)21/h10,12H,4-9H2,1-3H3. The Morgan fingerprint density at radius 2 is 2.17 bits per heavy atom. The van der Waals surface area contributed by atoms with E-state index in [9.17, 15) is 9.59 Å². The molecule has 1 fully saturated rings. The van der Waals surface area contributed by atoms with Crippen LogP contribution in [0.1, 0.15) is 54.8 Å². The normalized spacial score (nSPS) is 18.6. The Morgan fingerprint density at radius 3 is 2.87 bits per heavy atom. The number of likely N-dealkylation sites (tertiary alicyclic amines) is 1. The van der Waals surface area contributed by atoms with E-state index in [1.807, 2.05) is 18.7 Å². The number of aromatic nitrogens is 2. The molecule has 1 aliphatic rings. The van der Waals surface area contributed by atoms with Crippen LogP contribution in [0.25, 0.3) is 10.2 Å². The van der Waals surface area contributed by atoms with Gasteiger partial charge in [0.05, 0.1) is 16.6 Å². The highest BCUT2D eigenvalue weighted by Gasteiger charge is 2.29. The van der Waals surface area contributed by atoms with Crippen LogP contribution in [0, 0.1) is 6.92 Å². The highest BCUT2D eigenvalue weighted by atomic mass is 32.1. The van der Waals surface area contributed by atoms with Gasteiger partial charge in [-0.25, -0.2) is 4.98 Å². The first-order valence-corrected chi connectivity index (χ1v) is 9.19. The molecular weight excluding hydrogens is 310 g/mol. The van der Waals surface area contributed by atoms with Crippen LogP contribution in [0.4, 0.5) is 0 Å². The van der Waals surface area contributed by atoms with E-state index in [0.29, 0.717) is 27.7 Å². The molecule has 0 aliphatic carbocycles. The number of amides is 1. The summed E-state index contributed by atoms with van der Waals surface area (Å²) in [5, 5.41) is 0.604. The second kappa shape index (κ2) is 6.43. The van der Waals surface area contributed by atoms with Crippen LogP contribution in [0.15, 0.2) is 11.1 Å². The van der Waals surface area contributed by atoms with Gasteiger partial charge in [0.2, 0.25) is 0 Å². The number of nitrogens with zero attached hydrogens (tertiary/aromatic N) is 3. The van der Waals surface area contributed by atoms with E-state index in [-0.39, 0.29) is 11.5 Å². The van der Waals surface area contributed by atoms with E-state index in [1.54, 1.807) is 10.9 Å². The molecule has 3 heterocycles. The molecule has 1 amide bonds. The highest BCUT2D eigenvalue weighted by Crippen LogP contribution is 2.30. The van der Waals surface area contributed by atoms with Gasteiger partial charge < -0.3 is 4.90 Å². The predicted molar refractivity (Wildman–Crippen MR) is 93.3 cm³/mol. The molecule has 3 rings (SSSR count). The Kier molecular flexibility index (Phi) is 4.53. The third-order valence-corrected chi connectivity index (χ3v) is 6.00. The van der Waals surface area contributed by atoms with Crippen molar-refractivity contribution in [2.45, 2.75) is 59.0 Å². The minimum atomic E-state index is -0.0454. The van der Waals surface area contributed by atoms with Gasteiger partial charge in [0.1, 0.15) is 4.83 Å². The van der Waals surface area contributed by atoms with E-state index >= 15 is 0 Å². The number of rotatable bonds is 3. The molecule has 0 saturated carbocycles. The summed E-state index contributed by atoms with van der Waals surface area (Å²) in [6, 6.07) is 0.320. The van der Waals surface area contributed by atoms with E-state index in [1.165, 1.54) is 17.8 Å². The van der Waals surface area contributed by atoms with Crippen molar-refractivity contribution in [2.75, 3.05) is 6.54 Å². The van der Waals surface area contributed by atoms with Gasteiger partial charge in [-0.1, -0.05) is 6.92 Å². The fourth-order valence-corrected chi connectivity index (χ4v) is 4.51. The fraction of sp³-hybridized carbons (Fsp3) is 0.588. The lowest BCUT2D eigenvalue weighted by molar-refractivity contribution is 0.0612. The average molecular weight is 333 g/mol. The van der Waals surface area contributed by atoms with Gasteiger partial charge in [-0.05, 0) is 45.1 Å². The molecule has 0 bridgehead atoms. The minimum Gasteiger partial charge on any atom is -0.335 e. The predicted octanol–water partition coefficient (Wildman–Crippen LogP) is 3.19. The largest absolute Gasteiger partial charge is 0.335 e. The molecule has 1 saturated heterocycles. The first-order chi connectivity index (χ1) is 11.1. The summed E-state index contributed by atoms with van der Waals surface area (Å²) in [6.45, 7) is 7.33. The SMILES string of the molecule is CCC1CCCCN1C(=O)c1sc2ncn(CC)c(=O)c2c1C. The van der Waals surface area contributed by atoms with Crippen LogP contribution in [0.2, 0.25) is 0 Å². The maximum Gasteiger partial charge on any atom is 0.264 e. The Labute approximate surface area is 139 Å². The molecule has 1 unspecified atom stereocenters. The number of carbonyl (C=O) groups is 1. The summed E-state index contributed by atoms with van der Waals surface area (Å²) in [5.41, 5.74) is 0.742. The molecule has 5 nitrogen and oxygen atoms in total. The smallest absolute Gasteiger partial charge is 0.264 e. The van der Waals surface area contributed by atoms with Gasteiger partial charge >= 0.3 is 0 Å². The summed E-state index contributed by atoms with van der Waals surface area (Å²) in [7, 11) is 0. The third-order valence-electron chi connectivity index (χ3n) is 4.81. The number of hydrogen-bond donors (Lipinski definition) is 0. The number of fused-ring (bicyclic) bond motifs is 1. The van der Waals surface area contributed by atoms with Crippen molar-refractivity contribution >= 4 is 27.5 Å². The van der Waals surface area contributed by atoms with E-state index < -0.39 is 0 Å². The Bertz CT molecular complexity index is 793. The molecule has 2 aromatic heterocycles. The van der Waals surface area contributed by atoms with Crippen LogP contribution in [0.5, 0.6) is 0 Å². The van der Waals surface area contributed by atoms with Crippen LogP contribution >= 0.6 is 11.3 Å². The molecule has 1 aliphatic heterocycles. The van der Waals surface area contributed by atoms with Gasteiger partial charge in [0, 0.05) is 19.1 Å². The second-order valence-corrected chi connectivity index (χ2v) is 7.13. The third kappa shape index (κ3) is 2.69. The lowest BCUT2D eigenvalue weighted by Crippen LogP contribution is -2.43. The molecule has 1 atom stereocenters. The van der Waals surface area contributed by atoms with E-state index in [4.69, 9.17) is 0 Å². The van der Waals surface area contributed by atoms with Gasteiger partial charge in [-0.15, -0.1) is 11.3 Å². The molecule has 6 heteroatoms. The maximum absolute atomic E-state index is 13.0. The van der Waals surface area contributed by atoms with Crippen LogP contribution in [-0.2, 0) is 6.54 Å². The van der Waals surface area contributed by atoms with Gasteiger partial charge in [-0.2, -0.15) is 0 Å². The number of carbonyl (C=O) groups excluding carboxylic acids is 1. The summed E-state index contributed by atoms with van der Waals surface area (Å²) in [5.74, 6) is 0.0690. The number of aryl methyl sites for hydroxylation is 2. The van der Waals surface area contributed by atoms with E-state index in [0.717, 1.165) is 31.4 Å². The van der Waals surface area contributed by atoms with Crippen LogP contribution in [0.3, 0.4) is 0 Å². The van der Waals surface area contributed by atoms with Crippen molar-refractivity contribution in [1.82, 2.24) is 14.5 Å². The van der Waals surface area contributed by atoms with Gasteiger partial charge in [0.15, 0.2) is 0 Å². The number of hydrogen-bond acceptors (Lipinski definition) is 4. The summed E-state index contributed by atoms with van der Waals surface area (Å²) < 4.78 is 1.59. The second-order valence-electron chi connectivity index (χ2n) is 6.13. The zero-order valence-corrected chi connectivity index (χ0v) is 14.8. The summed E-state index contributed by atoms with van der Waals surface area (Å²) in [4.78, 5) is 33.3. The van der Waals surface area contributed by atoms with Crippen LogP contribution in [-0.4, -0.2) is 32.9 Å². The summed E-state index contributed by atoms with van der Waals surface area (Å²) >= 11 is 1.36. The zero-order chi connectivity index (χ0) is 16.6. The molecule has 23 heavy (non-hydrogen) atoms. The zero-order valence-electron chi connectivity index (χ0n) is 14.0. The highest BCUT2D eigenvalue weighted by molar-refractivity contribution is 7.20. The van der Waals surface area contributed by atoms with Crippen molar-refractivity contribution in [3.8, 4) is 0 Å². The summed E-state index contributed by atoms with van der Waals surface area (Å²) in [6.07, 6.45) is 5.89. The molecular formula is C17H23N3O2S. The van der Waals surface area contributed by atoms with Crippen LogP contribution < -0.4 is 5.56 Å². The minimum absolute atomic E-state index is 0.0454. The lowest BCUT2D eigenvalue weighted by atomic mass is 9.99. The first-order valence-electron chi connectivity index (χ1n) is 8.38.